The number of carbonyl (C=O) groups is 1. The average molecular weight is 175 g/mol. The van der Waals surface area contributed by atoms with E-state index < -0.39 is 0 Å². The molecular weight excluding hydrogens is 162 g/mol. The molecule has 0 spiro atoms. The van der Waals surface area contributed by atoms with E-state index in [1.165, 1.54) is 24.0 Å². The summed E-state index contributed by atoms with van der Waals surface area (Å²) in [5.74, 6) is 0. The zero-order valence-corrected chi connectivity index (χ0v) is 7.55. The Morgan fingerprint density at radius 3 is 3.15 bits per heavy atom. The minimum absolute atomic E-state index is 0.413. The fourth-order valence-electron chi connectivity index (χ4n) is 1.94. The van der Waals surface area contributed by atoms with E-state index in [4.69, 9.17) is 0 Å². The molecular formula is C11H13NO. The highest BCUT2D eigenvalue weighted by Crippen LogP contribution is 2.28. The lowest BCUT2D eigenvalue weighted by atomic mass is 10.1. The van der Waals surface area contributed by atoms with E-state index in [1.807, 2.05) is 6.07 Å². The van der Waals surface area contributed by atoms with Gasteiger partial charge in [-0.05, 0) is 36.5 Å². The predicted molar refractivity (Wildman–Crippen MR) is 53.0 cm³/mol. The molecule has 0 bridgehead atoms. The number of hydrogen-bond donors (Lipinski definition) is 1. The number of benzene rings is 1. The van der Waals surface area contributed by atoms with E-state index in [1.54, 1.807) is 0 Å². The van der Waals surface area contributed by atoms with Crippen molar-refractivity contribution in [2.75, 3.05) is 11.9 Å². The molecule has 0 saturated heterocycles. The van der Waals surface area contributed by atoms with Crippen LogP contribution in [0, 0.1) is 0 Å². The molecule has 0 atom stereocenters. The maximum absolute atomic E-state index is 10.2. The topological polar surface area (TPSA) is 29.1 Å². The van der Waals surface area contributed by atoms with Crippen molar-refractivity contribution in [2.24, 2.45) is 0 Å². The third kappa shape index (κ3) is 1.57. The lowest BCUT2D eigenvalue weighted by Crippen LogP contribution is -2.04. The summed E-state index contributed by atoms with van der Waals surface area (Å²) in [6.45, 7) is 0.413. The summed E-state index contributed by atoms with van der Waals surface area (Å²) in [5.41, 5.74) is 3.99. The summed E-state index contributed by atoms with van der Waals surface area (Å²) in [4.78, 5) is 10.2. The molecule has 1 aromatic carbocycles. The van der Waals surface area contributed by atoms with Gasteiger partial charge in [0.2, 0.25) is 0 Å². The molecule has 0 fully saturated rings. The zero-order valence-electron chi connectivity index (χ0n) is 7.55. The fraction of sp³-hybridized carbons (Fsp3) is 0.364. The number of hydrogen-bond acceptors (Lipinski definition) is 2. The highest BCUT2D eigenvalue weighted by atomic mass is 16.1. The van der Waals surface area contributed by atoms with Crippen LogP contribution in [-0.2, 0) is 17.6 Å². The van der Waals surface area contributed by atoms with Gasteiger partial charge in [0.25, 0.3) is 0 Å². The van der Waals surface area contributed by atoms with Crippen LogP contribution in [-0.4, -0.2) is 12.8 Å². The van der Waals surface area contributed by atoms with Gasteiger partial charge < -0.3 is 10.1 Å². The molecule has 68 valence electrons. The van der Waals surface area contributed by atoms with Gasteiger partial charge in [-0.3, -0.25) is 0 Å². The molecule has 0 unspecified atom stereocenters. The highest BCUT2D eigenvalue weighted by Gasteiger charge is 2.13. The molecule has 2 heteroatoms. The van der Waals surface area contributed by atoms with Gasteiger partial charge in [0.05, 0.1) is 6.54 Å². The van der Waals surface area contributed by atoms with Crippen molar-refractivity contribution in [1.29, 1.82) is 0 Å². The Labute approximate surface area is 78.0 Å². The normalized spacial score (nSPS) is 13.8. The van der Waals surface area contributed by atoms with Gasteiger partial charge in [-0.1, -0.05) is 12.1 Å². The SMILES string of the molecule is O=CCNc1cccc2c1CCC2. The largest absolute Gasteiger partial charge is 0.378 e. The molecule has 2 nitrogen and oxygen atoms in total. The van der Waals surface area contributed by atoms with Crippen LogP contribution in [0.2, 0.25) is 0 Å². The summed E-state index contributed by atoms with van der Waals surface area (Å²) < 4.78 is 0. The summed E-state index contributed by atoms with van der Waals surface area (Å²) >= 11 is 0. The number of anilines is 1. The second kappa shape index (κ2) is 3.60. The Morgan fingerprint density at radius 1 is 1.38 bits per heavy atom. The Bertz CT molecular complexity index is 320. The quantitative estimate of drug-likeness (QED) is 0.709. The van der Waals surface area contributed by atoms with Crippen molar-refractivity contribution in [1.82, 2.24) is 0 Å². The lowest BCUT2D eigenvalue weighted by molar-refractivity contribution is -0.106. The summed E-state index contributed by atoms with van der Waals surface area (Å²) in [5, 5.41) is 3.13. The lowest BCUT2D eigenvalue weighted by Gasteiger charge is -2.08. The monoisotopic (exact) mass is 175 g/mol. The number of fused-ring (bicyclic) bond motifs is 1. The van der Waals surface area contributed by atoms with Gasteiger partial charge in [0.1, 0.15) is 6.29 Å². The van der Waals surface area contributed by atoms with E-state index in [0.717, 1.165) is 18.4 Å². The first kappa shape index (κ1) is 8.30. The van der Waals surface area contributed by atoms with Crippen molar-refractivity contribution < 1.29 is 4.79 Å². The van der Waals surface area contributed by atoms with Crippen molar-refractivity contribution >= 4 is 12.0 Å². The molecule has 0 saturated carbocycles. The summed E-state index contributed by atoms with van der Waals surface area (Å²) in [6, 6.07) is 6.28. The molecule has 1 aliphatic carbocycles. The molecule has 2 rings (SSSR count). The van der Waals surface area contributed by atoms with Crippen LogP contribution in [0.3, 0.4) is 0 Å². The minimum Gasteiger partial charge on any atom is -0.378 e. The molecule has 0 aromatic heterocycles. The molecule has 0 aliphatic heterocycles. The standard InChI is InChI=1S/C11H13NO/c13-8-7-12-11-6-2-4-9-3-1-5-10(9)11/h2,4,6,8,12H,1,3,5,7H2. The Balaban J connectivity index is 2.25. The number of nitrogens with one attached hydrogen (secondary N) is 1. The maximum Gasteiger partial charge on any atom is 0.139 e. The summed E-state index contributed by atoms with van der Waals surface area (Å²) in [7, 11) is 0. The Morgan fingerprint density at radius 2 is 2.31 bits per heavy atom. The first-order valence-electron chi connectivity index (χ1n) is 4.70. The van der Waals surface area contributed by atoms with Crippen molar-refractivity contribution in [2.45, 2.75) is 19.3 Å². The van der Waals surface area contributed by atoms with Gasteiger partial charge in [0.15, 0.2) is 0 Å². The first-order chi connectivity index (χ1) is 6.42. The van der Waals surface area contributed by atoms with Crippen LogP contribution in [0.5, 0.6) is 0 Å². The van der Waals surface area contributed by atoms with E-state index in [-0.39, 0.29) is 0 Å². The van der Waals surface area contributed by atoms with Gasteiger partial charge in [-0.15, -0.1) is 0 Å². The highest BCUT2D eigenvalue weighted by molar-refractivity contribution is 5.63. The minimum atomic E-state index is 0.413. The van der Waals surface area contributed by atoms with E-state index in [9.17, 15) is 4.79 Å². The van der Waals surface area contributed by atoms with Crippen molar-refractivity contribution in [3.8, 4) is 0 Å². The number of aryl methyl sites for hydroxylation is 1. The predicted octanol–water partition coefficient (Wildman–Crippen LogP) is 1.79. The van der Waals surface area contributed by atoms with Crippen molar-refractivity contribution in [3.05, 3.63) is 29.3 Å². The van der Waals surface area contributed by atoms with Crippen molar-refractivity contribution in [3.63, 3.8) is 0 Å². The van der Waals surface area contributed by atoms with Crippen LogP contribution < -0.4 is 5.32 Å². The van der Waals surface area contributed by atoms with E-state index in [0.29, 0.717) is 6.54 Å². The summed E-state index contributed by atoms with van der Waals surface area (Å²) in [6.07, 6.45) is 4.48. The molecule has 0 amide bonds. The molecule has 1 N–H and O–H groups in total. The van der Waals surface area contributed by atoms with Crippen LogP contribution in [0.25, 0.3) is 0 Å². The second-order valence-corrected chi connectivity index (χ2v) is 3.34. The van der Waals surface area contributed by atoms with Gasteiger partial charge in [-0.2, -0.15) is 0 Å². The number of carbonyl (C=O) groups excluding carboxylic acids is 1. The Kier molecular flexibility index (Phi) is 2.30. The van der Waals surface area contributed by atoms with Crippen LogP contribution >= 0.6 is 0 Å². The maximum atomic E-state index is 10.2. The first-order valence-corrected chi connectivity index (χ1v) is 4.70. The van der Waals surface area contributed by atoms with E-state index >= 15 is 0 Å². The zero-order chi connectivity index (χ0) is 9.10. The third-order valence-electron chi connectivity index (χ3n) is 2.52. The molecule has 13 heavy (non-hydrogen) atoms. The van der Waals surface area contributed by atoms with E-state index in [2.05, 4.69) is 17.4 Å². The molecule has 1 aromatic rings. The average Bonchev–Trinajstić information content (AvgIpc) is 2.62. The molecule has 1 aliphatic rings. The molecule has 0 heterocycles. The number of aldehydes is 1. The number of rotatable bonds is 3. The Hall–Kier alpha value is -1.31. The van der Waals surface area contributed by atoms with Gasteiger partial charge in [0, 0.05) is 5.69 Å². The van der Waals surface area contributed by atoms with Crippen LogP contribution in [0.15, 0.2) is 18.2 Å². The van der Waals surface area contributed by atoms with Gasteiger partial charge in [-0.25, -0.2) is 0 Å². The smallest absolute Gasteiger partial charge is 0.139 e. The fourth-order valence-corrected chi connectivity index (χ4v) is 1.94. The van der Waals surface area contributed by atoms with Crippen LogP contribution in [0.1, 0.15) is 17.5 Å². The third-order valence-corrected chi connectivity index (χ3v) is 2.52. The van der Waals surface area contributed by atoms with Gasteiger partial charge >= 0.3 is 0 Å². The second-order valence-electron chi connectivity index (χ2n) is 3.34. The van der Waals surface area contributed by atoms with Crippen LogP contribution in [0.4, 0.5) is 5.69 Å². The molecule has 0 radical (unpaired) electrons.